The van der Waals surface area contributed by atoms with Crippen LogP contribution in [0, 0.1) is 5.92 Å². The fourth-order valence-electron chi connectivity index (χ4n) is 2.00. The summed E-state index contributed by atoms with van der Waals surface area (Å²) in [5, 5.41) is 2.86. The molecule has 0 aliphatic rings. The Morgan fingerprint density at radius 3 is 2.45 bits per heavy atom. The minimum Gasteiger partial charge on any atom is -0.455 e. The SMILES string of the molecule is CCC(C)C(N)C(=O)Nc1ccccc1Oc1ccccc1. The Labute approximate surface area is 131 Å². The van der Waals surface area contributed by atoms with Crippen molar-refractivity contribution in [1.29, 1.82) is 0 Å². The van der Waals surface area contributed by atoms with Crippen LogP contribution >= 0.6 is 0 Å². The van der Waals surface area contributed by atoms with Gasteiger partial charge in [-0.1, -0.05) is 50.6 Å². The van der Waals surface area contributed by atoms with Gasteiger partial charge in [0.2, 0.25) is 5.91 Å². The summed E-state index contributed by atoms with van der Waals surface area (Å²) in [6.07, 6.45) is 0.858. The number of ether oxygens (including phenoxy) is 1. The van der Waals surface area contributed by atoms with Crippen molar-refractivity contribution in [2.24, 2.45) is 11.7 Å². The molecule has 0 aliphatic carbocycles. The van der Waals surface area contributed by atoms with E-state index in [4.69, 9.17) is 10.5 Å². The molecule has 0 saturated heterocycles. The number of para-hydroxylation sites is 3. The van der Waals surface area contributed by atoms with Crippen molar-refractivity contribution in [2.75, 3.05) is 5.32 Å². The van der Waals surface area contributed by atoms with Crippen molar-refractivity contribution in [3.8, 4) is 11.5 Å². The Balaban J connectivity index is 2.13. The van der Waals surface area contributed by atoms with Crippen LogP contribution in [0.15, 0.2) is 54.6 Å². The summed E-state index contributed by atoms with van der Waals surface area (Å²) in [7, 11) is 0. The molecule has 0 fully saturated rings. The molecule has 2 rings (SSSR count). The van der Waals surface area contributed by atoms with E-state index in [1.54, 1.807) is 6.07 Å². The Morgan fingerprint density at radius 1 is 1.14 bits per heavy atom. The molecule has 0 aliphatic heterocycles. The minimum absolute atomic E-state index is 0.127. The van der Waals surface area contributed by atoms with Gasteiger partial charge in [-0.2, -0.15) is 0 Å². The third-order valence-electron chi connectivity index (χ3n) is 3.68. The van der Waals surface area contributed by atoms with E-state index in [-0.39, 0.29) is 11.8 Å². The van der Waals surface area contributed by atoms with E-state index in [0.29, 0.717) is 11.4 Å². The number of benzene rings is 2. The van der Waals surface area contributed by atoms with Gasteiger partial charge >= 0.3 is 0 Å². The molecule has 0 radical (unpaired) electrons. The number of amides is 1. The van der Waals surface area contributed by atoms with Crippen LogP contribution in [0.4, 0.5) is 5.69 Å². The highest BCUT2D eigenvalue weighted by Crippen LogP contribution is 2.29. The largest absolute Gasteiger partial charge is 0.455 e. The number of rotatable bonds is 6. The molecule has 2 atom stereocenters. The molecule has 0 saturated carbocycles. The zero-order chi connectivity index (χ0) is 15.9. The van der Waals surface area contributed by atoms with Crippen LogP contribution in [-0.4, -0.2) is 11.9 Å². The highest BCUT2D eigenvalue weighted by atomic mass is 16.5. The van der Waals surface area contributed by atoms with E-state index in [2.05, 4.69) is 5.32 Å². The van der Waals surface area contributed by atoms with Crippen molar-refractivity contribution in [2.45, 2.75) is 26.3 Å². The number of anilines is 1. The van der Waals surface area contributed by atoms with Gasteiger partial charge in [0.15, 0.2) is 5.75 Å². The lowest BCUT2D eigenvalue weighted by Crippen LogP contribution is -2.40. The van der Waals surface area contributed by atoms with Crippen LogP contribution in [0.2, 0.25) is 0 Å². The maximum absolute atomic E-state index is 12.2. The van der Waals surface area contributed by atoms with Gasteiger partial charge in [-0.05, 0) is 30.2 Å². The summed E-state index contributed by atoms with van der Waals surface area (Å²) < 4.78 is 5.82. The summed E-state index contributed by atoms with van der Waals surface area (Å²) in [5.41, 5.74) is 6.59. The predicted molar refractivity (Wildman–Crippen MR) is 89.0 cm³/mol. The lowest BCUT2D eigenvalue weighted by atomic mass is 9.99. The molecule has 2 aromatic rings. The third-order valence-corrected chi connectivity index (χ3v) is 3.68. The first-order valence-electron chi connectivity index (χ1n) is 7.50. The van der Waals surface area contributed by atoms with Gasteiger partial charge in [0.25, 0.3) is 0 Å². The molecule has 4 nitrogen and oxygen atoms in total. The van der Waals surface area contributed by atoms with Gasteiger partial charge in [0.05, 0.1) is 11.7 Å². The molecule has 1 amide bonds. The fourth-order valence-corrected chi connectivity index (χ4v) is 2.00. The molecule has 0 bridgehead atoms. The molecule has 2 unspecified atom stereocenters. The van der Waals surface area contributed by atoms with E-state index >= 15 is 0 Å². The van der Waals surface area contributed by atoms with Crippen LogP contribution < -0.4 is 15.8 Å². The normalized spacial score (nSPS) is 13.2. The maximum Gasteiger partial charge on any atom is 0.241 e. The maximum atomic E-state index is 12.2. The average Bonchev–Trinajstić information content (AvgIpc) is 2.56. The molecule has 2 aromatic carbocycles. The highest BCUT2D eigenvalue weighted by molar-refractivity contribution is 5.96. The van der Waals surface area contributed by atoms with Crippen LogP contribution in [0.3, 0.4) is 0 Å². The van der Waals surface area contributed by atoms with E-state index in [9.17, 15) is 4.79 Å². The first-order chi connectivity index (χ1) is 10.6. The van der Waals surface area contributed by atoms with E-state index in [0.717, 1.165) is 12.2 Å². The van der Waals surface area contributed by atoms with E-state index in [1.165, 1.54) is 0 Å². The molecular formula is C18H22N2O2. The smallest absolute Gasteiger partial charge is 0.241 e. The monoisotopic (exact) mass is 298 g/mol. The Hall–Kier alpha value is -2.33. The average molecular weight is 298 g/mol. The zero-order valence-electron chi connectivity index (χ0n) is 13.0. The molecule has 22 heavy (non-hydrogen) atoms. The molecule has 0 heterocycles. The summed E-state index contributed by atoms with van der Waals surface area (Å²) >= 11 is 0. The molecule has 4 heteroatoms. The summed E-state index contributed by atoms with van der Waals surface area (Å²) in [5.74, 6) is 1.24. The van der Waals surface area contributed by atoms with Gasteiger partial charge in [0, 0.05) is 0 Å². The zero-order valence-corrected chi connectivity index (χ0v) is 13.0. The second-order valence-electron chi connectivity index (χ2n) is 5.31. The molecular weight excluding hydrogens is 276 g/mol. The van der Waals surface area contributed by atoms with Crippen LogP contribution in [-0.2, 0) is 4.79 Å². The number of carbonyl (C=O) groups excluding carboxylic acids is 1. The number of hydrogen-bond donors (Lipinski definition) is 2. The second-order valence-corrected chi connectivity index (χ2v) is 5.31. The number of carbonyl (C=O) groups is 1. The van der Waals surface area contributed by atoms with Crippen LogP contribution in [0.5, 0.6) is 11.5 Å². The highest BCUT2D eigenvalue weighted by Gasteiger charge is 2.20. The summed E-state index contributed by atoms with van der Waals surface area (Å²) in [6.45, 7) is 3.99. The molecule has 3 N–H and O–H groups in total. The van der Waals surface area contributed by atoms with Crippen molar-refractivity contribution in [1.82, 2.24) is 0 Å². The first-order valence-corrected chi connectivity index (χ1v) is 7.50. The van der Waals surface area contributed by atoms with Crippen LogP contribution in [0.25, 0.3) is 0 Å². The minimum atomic E-state index is -0.533. The quantitative estimate of drug-likeness (QED) is 0.852. The van der Waals surface area contributed by atoms with Gasteiger partial charge in [0.1, 0.15) is 5.75 Å². The van der Waals surface area contributed by atoms with Crippen molar-refractivity contribution in [3.63, 3.8) is 0 Å². The van der Waals surface area contributed by atoms with Crippen molar-refractivity contribution < 1.29 is 9.53 Å². The van der Waals surface area contributed by atoms with E-state index < -0.39 is 6.04 Å². The molecule has 0 aromatic heterocycles. The van der Waals surface area contributed by atoms with Crippen molar-refractivity contribution >= 4 is 11.6 Å². The first kappa shape index (κ1) is 16.0. The predicted octanol–water partition coefficient (Wildman–Crippen LogP) is 3.79. The van der Waals surface area contributed by atoms with Crippen LogP contribution in [0.1, 0.15) is 20.3 Å². The van der Waals surface area contributed by atoms with Crippen molar-refractivity contribution in [3.05, 3.63) is 54.6 Å². The Bertz CT molecular complexity index is 613. The van der Waals surface area contributed by atoms with Gasteiger partial charge < -0.3 is 15.8 Å². The number of hydrogen-bond acceptors (Lipinski definition) is 3. The Kier molecular flexibility index (Phi) is 5.55. The topological polar surface area (TPSA) is 64.4 Å². The standard InChI is InChI=1S/C18H22N2O2/c1-3-13(2)17(19)18(21)20-15-11-7-8-12-16(15)22-14-9-5-4-6-10-14/h4-13,17H,3,19H2,1-2H3,(H,20,21). The molecule has 116 valence electrons. The van der Waals surface area contributed by atoms with Gasteiger partial charge in [-0.25, -0.2) is 0 Å². The van der Waals surface area contributed by atoms with Gasteiger partial charge in [-0.3, -0.25) is 4.79 Å². The lowest BCUT2D eigenvalue weighted by molar-refractivity contribution is -0.118. The van der Waals surface area contributed by atoms with Gasteiger partial charge in [-0.15, -0.1) is 0 Å². The summed E-state index contributed by atoms with van der Waals surface area (Å²) in [4.78, 5) is 12.2. The summed E-state index contributed by atoms with van der Waals surface area (Å²) in [6, 6.07) is 16.3. The number of nitrogens with one attached hydrogen (secondary N) is 1. The Morgan fingerprint density at radius 2 is 1.77 bits per heavy atom. The lowest BCUT2D eigenvalue weighted by Gasteiger charge is -2.19. The second kappa shape index (κ2) is 7.61. The molecule has 0 spiro atoms. The number of nitrogens with two attached hydrogens (primary N) is 1. The third kappa shape index (κ3) is 4.09. The fraction of sp³-hybridized carbons (Fsp3) is 0.278. The van der Waals surface area contributed by atoms with E-state index in [1.807, 2.05) is 62.4 Å².